The van der Waals surface area contributed by atoms with Crippen LogP contribution in [0.5, 0.6) is 5.75 Å². The fraction of sp³-hybridized carbons (Fsp3) is 0.0769. The minimum Gasteiger partial charge on any atom is -0.485 e. The van der Waals surface area contributed by atoms with Gasteiger partial charge in [-0.05, 0) is 11.5 Å². The minimum absolute atomic E-state index is 0.310. The maximum Gasteiger partial charge on any atom is 0.213 e. The predicted octanol–water partition coefficient (Wildman–Crippen LogP) is 2.80. The molecule has 3 aromatic rings. The molecule has 0 aliphatic rings. The van der Waals surface area contributed by atoms with Gasteiger partial charge < -0.3 is 9.26 Å². The van der Waals surface area contributed by atoms with Crippen LogP contribution in [-0.2, 0) is 6.61 Å². The Morgan fingerprint density at radius 3 is 2.82 bits per heavy atom. The molecule has 0 spiro atoms. The smallest absolute Gasteiger partial charge is 0.213 e. The van der Waals surface area contributed by atoms with Crippen molar-refractivity contribution >= 4 is 10.8 Å². The van der Waals surface area contributed by atoms with E-state index in [0.717, 1.165) is 16.5 Å². The molecule has 1 aromatic heterocycles. The first-order valence-corrected chi connectivity index (χ1v) is 5.29. The molecule has 0 saturated carbocycles. The van der Waals surface area contributed by atoms with Crippen LogP contribution in [0.4, 0.5) is 0 Å². The number of hydrogen-bond donors (Lipinski definition) is 0. The topological polar surface area (TPSA) is 48.2 Å². The van der Waals surface area contributed by atoms with Crippen LogP contribution in [0.2, 0.25) is 0 Å². The maximum absolute atomic E-state index is 5.68. The number of rotatable bonds is 3. The molecule has 17 heavy (non-hydrogen) atoms. The highest BCUT2D eigenvalue weighted by Gasteiger charge is 2.03. The molecule has 0 aliphatic carbocycles. The van der Waals surface area contributed by atoms with Gasteiger partial charge in [-0.3, -0.25) is 0 Å². The lowest BCUT2D eigenvalue weighted by atomic mass is 10.1. The van der Waals surface area contributed by atoms with Crippen molar-refractivity contribution in [2.45, 2.75) is 6.61 Å². The number of ether oxygens (including phenoxy) is 1. The third-order valence-electron chi connectivity index (χ3n) is 2.51. The summed E-state index contributed by atoms with van der Waals surface area (Å²) < 4.78 is 10.3. The second kappa shape index (κ2) is 4.25. The summed E-state index contributed by atoms with van der Waals surface area (Å²) in [4.78, 5) is 3.91. The lowest BCUT2D eigenvalue weighted by Crippen LogP contribution is -1.97. The fourth-order valence-corrected chi connectivity index (χ4v) is 1.72. The molecule has 0 amide bonds. The van der Waals surface area contributed by atoms with Crippen molar-refractivity contribution < 1.29 is 9.26 Å². The molecule has 0 fully saturated rings. The summed E-state index contributed by atoms with van der Waals surface area (Å²) in [6.45, 7) is 0.310. The van der Waals surface area contributed by atoms with E-state index in [4.69, 9.17) is 4.74 Å². The number of nitrogens with zero attached hydrogens (tertiary/aromatic N) is 2. The summed E-state index contributed by atoms with van der Waals surface area (Å²) in [6.07, 6.45) is 1.29. The number of fused-ring (bicyclic) bond motifs is 1. The van der Waals surface area contributed by atoms with E-state index in [2.05, 4.69) is 26.8 Å². The Labute approximate surface area is 97.8 Å². The second-order valence-corrected chi connectivity index (χ2v) is 3.61. The van der Waals surface area contributed by atoms with E-state index in [9.17, 15) is 0 Å². The van der Waals surface area contributed by atoms with Crippen LogP contribution < -0.4 is 4.74 Å². The van der Waals surface area contributed by atoms with Gasteiger partial charge in [-0.1, -0.05) is 41.6 Å². The van der Waals surface area contributed by atoms with E-state index >= 15 is 0 Å². The van der Waals surface area contributed by atoms with E-state index in [1.54, 1.807) is 0 Å². The molecule has 84 valence electrons. The van der Waals surface area contributed by atoms with Crippen molar-refractivity contribution in [3.8, 4) is 5.75 Å². The number of aromatic nitrogens is 2. The van der Waals surface area contributed by atoms with Gasteiger partial charge in [0.15, 0.2) is 6.61 Å². The predicted molar refractivity (Wildman–Crippen MR) is 62.6 cm³/mol. The van der Waals surface area contributed by atoms with Gasteiger partial charge in [-0.25, -0.2) is 0 Å². The molecule has 4 nitrogen and oxygen atoms in total. The third kappa shape index (κ3) is 1.97. The van der Waals surface area contributed by atoms with Crippen LogP contribution >= 0.6 is 0 Å². The Morgan fingerprint density at radius 1 is 1.06 bits per heavy atom. The second-order valence-electron chi connectivity index (χ2n) is 3.61. The van der Waals surface area contributed by atoms with Gasteiger partial charge in [0.1, 0.15) is 5.75 Å². The van der Waals surface area contributed by atoms with Crippen LogP contribution in [0.15, 0.2) is 53.4 Å². The Hall–Kier alpha value is -2.36. The first-order chi connectivity index (χ1) is 8.43. The molecule has 0 bridgehead atoms. The quantitative estimate of drug-likeness (QED) is 0.689. The van der Waals surface area contributed by atoms with Crippen LogP contribution in [-0.4, -0.2) is 10.1 Å². The molecule has 0 N–H and O–H groups in total. The molecular weight excluding hydrogens is 216 g/mol. The van der Waals surface area contributed by atoms with Gasteiger partial charge in [0.05, 0.1) is 0 Å². The number of hydrogen-bond acceptors (Lipinski definition) is 4. The number of benzene rings is 2. The molecule has 2 aromatic carbocycles. The highest BCUT2D eigenvalue weighted by atomic mass is 16.5. The standard InChI is InChI=1S/C13H10N2O2/c1-2-6-11-10(4-1)5-3-7-12(11)16-8-13-14-9-17-15-13/h1-7,9H,8H2. The zero-order valence-electron chi connectivity index (χ0n) is 9.04. The normalized spacial score (nSPS) is 10.6. The van der Waals surface area contributed by atoms with Crippen molar-refractivity contribution in [1.29, 1.82) is 0 Å². The Bertz CT molecular complexity index is 615. The molecule has 1 heterocycles. The van der Waals surface area contributed by atoms with Crippen molar-refractivity contribution in [1.82, 2.24) is 10.1 Å². The monoisotopic (exact) mass is 226 g/mol. The summed E-state index contributed by atoms with van der Waals surface area (Å²) >= 11 is 0. The molecule has 0 atom stereocenters. The van der Waals surface area contributed by atoms with Gasteiger partial charge in [-0.2, -0.15) is 4.98 Å². The summed E-state index contributed by atoms with van der Waals surface area (Å²) in [6, 6.07) is 14.0. The average Bonchev–Trinajstić information content (AvgIpc) is 2.89. The van der Waals surface area contributed by atoms with Crippen molar-refractivity contribution in [2.75, 3.05) is 0 Å². The largest absolute Gasteiger partial charge is 0.485 e. The van der Waals surface area contributed by atoms with E-state index < -0.39 is 0 Å². The van der Waals surface area contributed by atoms with Crippen LogP contribution in [0, 0.1) is 0 Å². The lowest BCUT2D eigenvalue weighted by molar-refractivity contribution is 0.290. The lowest BCUT2D eigenvalue weighted by Gasteiger charge is -2.06. The summed E-state index contributed by atoms with van der Waals surface area (Å²) in [5.41, 5.74) is 0. The van der Waals surface area contributed by atoms with Crippen molar-refractivity contribution in [3.63, 3.8) is 0 Å². The molecule has 0 aliphatic heterocycles. The van der Waals surface area contributed by atoms with E-state index in [1.165, 1.54) is 6.39 Å². The van der Waals surface area contributed by atoms with E-state index in [1.807, 2.05) is 30.3 Å². The molecule has 3 rings (SSSR count). The van der Waals surface area contributed by atoms with Gasteiger partial charge in [0.25, 0.3) is 0 Å². The first-order valence-electron chi connectivity index (χ1n) is 5.29. The highest BCUT2D eigenvalue weighted by molar-refractivity contribution is 5.88. The van der Waals surface area contributed by atoms with E-state index in [-0.39, 0.29) is 0 Å². The third-order valence-corrected chi connectivity index (χ3v) is 2.51. The van der Waals surface area contributed by atoms with Crippen LogP contribution in [0.3, 0.4) is 0 Å². The highest BCUT2D eigenvalue weighted by Crippen LogP contribution is 2.25. The molecule has 0 saturated heterocycles. The first kappa shape index (κ1) is 9.84. The summed E-state index contributed by atoms with van der Waals surface area (Å²) in [5.74, 6) is 1.37. The van der Waals surface area contributed by atoms with Gasteiger partial charge in [0.2, 0.25) is 12.2 Å². The van der Waals surface area contributed by atoms with Crippen molar-refractivity contribution in [3.05, 3.63) is 54.7 Å². The zero-order chi connectivity index (χ0) is 11.5. The summed E-state index contributed by atoms with van der Waals surface area (Å²) in [5, 5.41) is 5.93. The van der Waals surface area contributed by atoms with Crippen LogP contribution in [0.1, 0.15) is 5.82 Å². The Kier molecular flexibility index (Phi) is 2.46. The fourth-order valence-electron chi connectivity index (χ4n) is 1.72. The Balaban J connectivity index is 1.90. The summed E-state index contributed by atoms with van der Waals surface area (Å²) in [7, 11) is 0. The molecule has 4 heteroatoms. The van der Waals surface area contributed by atoms with Gasteiger partial charge in [0, 0.05) is 5.39 Å². The minimum atomic E-state index is 0.310. The van der Waals surface area contributed by atoms with E-state index in [0.29, 0.717) is 12.4 Å². The zero-order valence-corrected chi connectivity index (χ0v) is 9.04. The van der Waals surface area contributed by atoms with Crippen molar-refractivity contribution in [2.24, 2.45) is 0 Å². The SMILES string of the molecule is c1ccc2c(OCc3ncon3)cccc2c1. The van der Waals surface area contributed by atoms with Crippen LogP contribution in [0.25, 0.3) is 10.8 Å². The van der Waals surface area contributed by atoms with Gasteiger partial charge in [-0.15, -0.1) is 0 Å². The average molecular weight is 226 g/mol. The Morgan fingerprint density at radius 2 is 1.94 bits per heavy atom. The molecular formula is C13H10N2O2. The molecule has 0 radical (unpaired) electrons. The molecule has 0 unspecified atom stereocenters. The van der Waals surface area contributed by atoms with Gasteiger partial charge >= 0.3 is 0 Å². The maximum atomic E-state index is 5.68.